The number of benzene rings is 2. The molecule has 0 atom stereocenters. The van der Waals surface area contributed by atoms with E-state index in [2.05, 4.69) is 0 Å². The zero-order valence-electron chi connectivity index (χ0n) is 15.8. The van der Waals surface area contributed by atoms with Gasteiger partial charge in [0.15, 0.2) is 6.61 Å². The average Bonchev–Trinajstić information content (AvgIpc) is 3.21. The van der Waals surface area contributed by atoms with Gasteiger partial charge in [-0.2, -0.15) is 0 Å². The topological polar surface area (TPSA) is 69.0 Å². The number of furan rings is 1. The van der Waals surface area contributed by atoms with Gasteiger partial charge in [-0.25, -0.2) is 9.18 Å². The summed E-state index contributed by atoms with van der Waals surface area (Å²) in [7, 11) is 1.57. The van der Waals surface area contributed by atoms with Crippen molar-refractivity contribution < 1.29 is 27.9 Å². The second-order valence-corrected chi connectivity index (χ2v) is 6.33. The number of carbonyl (C=O) groups excluding carboxylic acids is 2. The number of hydrogen-bond donors (Lipinski definition) is 0. The summed E-state index contributed by atoms with van der Waals surface area (Å²) in [6.45, 7) is -0.0346. The van der Waals surface area contributed by atoms with Crippen LogP contribution in [0.25, 0.3) is 0 Å². The highest BCUT2D eigenvalue weighted by Gasteiger charge is 2.20. The molecule has 3 aromatic rings. The van der Waals surface area contributed by atoms with Crippen molar-refractivity contribution in [2.75, 3.05) is 13.7 Å². The summed E-state index contributed by atoms with van der Waals surface area (Å²) in [6, 6.07) is 16.6. The summed E-state index contributed by atoms with van der Waals surface area (Å²) in [5.41, 5.74) is 1.28. The standard InChI is InChI=1S/C22H20FNO5/c1-24(13-16-7-9-18(23)10-8-16)20(25)15-29-22(26)21-17(11-12-27-21)14-28-19-5-3-2-4-6-19/h2-12H,13-15H2,1H3. The summed E-state index contributed by atoms with van der Waals surface area (Å²) in [5, 5.41) is 0. The molecule has 6 nitrogen and oxygen atoms in total. The maximum Gasteiger partial charge on any atom is 0.375 e. The molecule has 0 fully saturated rings. The number of halogens is 1. The lowest BCUT2D eigenvalue weighted by Gasteiger charge is -2.17. The van der Waals surface area contributed by atoms with Crippen molar-refractivity contribution in [2.24, 2.45) is 0 Å². The Morgan fingerprint density at radius 1 is 1.03 bits per heavy atom. The third-order valence-corrected chi connectivity index (χ3v) is 4.16. The van der Waals surface area contributed by atoms with E-state index in [9.17, 15) is 14.0 Å². The molecule has 7 heteroatoms. The lowest BCUT2D eigenvalue weighted by molar-refractivity contribution is -0.133. The van der Waals surface area contributed by atoms with E-state index in [1.165, 1.54) is 23.3 Å². The number of amides is 1. The van der Waals surface area contributed by atoms with Gasteiger partial charge in [0.1, 0.15) is 18.2 Å². The SMILES string of the molecule is CN(Cc1ccc(F)cc1)C(=O)COC(=O)c1occc1COc1ccccc1. The molecule has 1 aromatic heterocycles. The average molecular weight is 397 g/mol. The highest BCUT2D eigenvalue weighted by Crippen LogP contribution is 2.16. The van der Waals surface area contributed by atoms with Crippen LogP contribution >= 0.6 is 0 Å². The third kappa shape index (κ3) is 5.68. The largest absolute Gasteiger partial charge is 0.489 e. The van der Waals surface area contributed by atoms with Gasteiger partial charge in [-0.1, -0.05) is 30.3 Å². The minimum atomic E-state index is -0.745. The zero-order valence-corrected chi connectivity index (χ0v) is 15.8. The van der Waals surface area contributed by atoms with E-state index in [1.807, 2.05) is 18.2 Å². The zero-order chi connectivity index (χ0) is 20.6. The molecule has 3 rings (SSSR count). The molecule has 0 aliphatic carbocycles. The van der Waals surface area contributed by atoms with E-state index >= 15 is 0 Å². The second kappa shape index (κ2) is 9.54. The monoisotopic (exact) mass is 397 g/mol. The van der Waals surface area contributed by atoms with Crippen molar-refractivity contribution in [1.82, 2.24) is 4.90 Å². The van der Waals surface area contributed by atoms with Crippen LogP contribution in [0.3, 0.4) is 0 Å². The molecule has 1 amide bonds. The van der Waals surface area contributed by atoms with Crippen molar-refractivity contribution in [3.63, 3.8) is 0 Å². The van der Waals surface area contributed by atoms with Crippen LogP contribution in [0, 0.1) is 5.82 Å². The molecule has 150 valence electrons. The molecular weight excluding hydrogens is 377 g/mol. The van der Waals surface area contributed by atoms with Crippen molar-refractivity contribution in [3.8, 4) is 5.75 Å². The maximum atomic E-state index is 13.0. The molecule has 2 aromatic carbocycles. The van der Waals surface area contributed by atoms with Crippen molar-refractivity contribution in [2.45, 2.75) is 13.2 Å². The van der Waals surface area contributed by atoms with E-state index in [-0.39, 0.29) is 24.7 Å². The number of hydrogen-bond acceptors (Lipinski definition) is 5. The van der Waals surface area contributed by atoms with Crippen LogP contribution in [0.5, 0.6) is 5.75 Å². The quantitative estimate of drug-likeness (QED) is 0.541. The third-order valence-electron chi connectivity index (χ3n) is 4.16. The first-order chi connectivity index (χ1) is 14.0. The van der Waals surface area contributed by atoms with E-state index < -0.39 is 18.5 Å². The number of rotatable bonds is 8. The molecule has 0 aliphatic rings. The fourth-order valence-corrected chi connectivity index (χ4v) is 2.56. The molecule has 0 radical (unpaired) electrons. The molecule has 0 N–H and O–H groups in total. The number of ether oxygens (including phenoxy) is 2. The number of para-hydroxylation sites is 1. The van der Waals surface area contributed by atoms with E-state index in [4.69, 9.17) is 13.9 Å². The number of likely N-dealkylation sites (N-methyl/N-ethyl adjacent to an activating group) is 1. The highest BCUT2D eigenvalue weighted by molar-refractivity contribution is 5.90. The predicted octanol–water partition coefficient (Wildman–Crippen LogP) is 3.81. The Hall–Kier alpha value is -3.61. The molecule has 0 bridgehead atoms. The van der Waals surface area contributed by atoms with Gasteiger partial charge in [0.05, 0.1) is 6.26 Å². The van der Waals surface area contributed by atoms with Gasteiger partial charge in [-0.15, -0.1) is 0 Å². The van der Waals surface area contributed by atoms with Gasteiger partial charge in [0.2, 0.25) is 5.76 Å². The minimum Gasteiger partial charge on any atom is -0.489 e. The Morgan fingerprint density at radius 3 is 2.48 bits per heavy atom. The van der Waals surface area contributed by atoms with Crippen LogP contribution in [-0.4, -0.2) is 30.4 Å². The Bertz CT molecular complexity index is 953. The molecule has 0 saturated carbocycles. The van der Waals surface area contributed by atoms with Gasteiger partial charge >= 0.3 is 5.97 Å². The fraction of sp³-hybridized carbons (Fsp3) is 0.182. The highest BCUT2D eigenvalue weighted by atomic mass is 19.1. The van der Waals surface area contributed by atoms with Crippen LogP contribution in [-0.2, 0) is 22.7 Å². The first-order valence-corrected chi connectivity index (χ1v) is 8.92. The molecule has 29 heavy (non-hydrogen) atoms. The van der Waals surface area contributed by atoms with Crippen molar-refractivity contribution in [1.29, 1.82) is 0 Å². The summed E-state index contributed by atoms with van der Waals surface area (Å²) in [4.78, 5) is 25.9. The minimum absolute atomic E-state index is 0.00470. The number of esters is 1. The van der Waals surface area contributed by atoms with Gasteiger partial charge in [-0.3, -0.25) is 4.79 Å². The molecule has 0 unspecified atom stereocenters. The van der Waals surface area contributed by atoms with E-state index in [1.54, 1.807) is 37.4 Å². The lowest BCUT2D eigenvalue weighted by atomic mass is 10.2. The lowest BCUT2D eigenvalue weighted by Crippen LogP contribution is -2.30. The Balaban J connectivity index is 1.50. The van der Waals surface area contributed by atoms with Crippen LogP contribution in [0.2, 0.25) is 0 Å². The fourth-order valence-electron chi connectivity index (χ4n) is 2.56. The molecular formula is C22H20FNO5. The molecule has 1 heterocycles. The number of nitrogens with zero attached hydrogens (tertiary/aromatic N) is 1. The Kier molecular flexibility index (Phi) is 6.63. The molecule has 0 spiro atoms. The maximum absolute atomic E-state index is 13.0. The second-order valence-electron chi connectivity index (χ2n) is 6.33. The molecule has 0 aliphatic heterocycles. The van der Waals surface area contributed by atoms with E-state index in [0.29, 0.717) is 11.3 Å². The van der Waals surface area contributed by atoms with Gasteiger partial charge in [0, 0.05) is 19.2 Å². The van der Waals surface area contributed by atoms with Crippen molar-refractivity contribution in [3.05, 3.63) is 89.6 Å². The number of carbonyl (C=O) groups is 2. The summed E-state index contributed by atoms with van der Waals surface area (Å²) < 4.78 is 28.8. The Labute approximate surface area is 167 Å². The summed E-state index contributed by atoms with van der Waals surface area (Å²) in [5.74, 6) is -0.829. The summed E-state index contributed by atoms with van der Waals surface area (Å²) >= 11 is 0. The van der Waals surface area contributed by atoms with Crippen molar-refractivity contribution >= 4 is 11.9 Å². The van der Waals surface area contributed by atoms with Crippen LogP contribution in [0.15, 0.2) is 71.3 Å². The van der Waals surface area contributed by atoms with Gasteiger partial charge in [0.25, 0.3) is 5.91 Å². The van der Waals surface area contributed by atoms with E-state index in [0.717, 1.165) is 5.56 Å². The van der Waals surface area contributed by atoms with Crippen LogP contribution in [0.1, 0.15) is 21.7 Å². The van der Waals surface area contributed by atoms with Crippen LogP contribution in [0.4, 0.5) is 4.39 Å². The van der Waals surface area contributed by atoms with Gasteiger partial charge < -0.3 is 18.8 Å². The smallest absolute Gasteiger partial charge is 0.375 e. The predicted molar refractivity (Wildman–Crippen MR) is 103 cm³/mol. The first kappa shape index (κ1) is 20.1. The first-order valence-electron chi connectivity index (χ1n) is 8.92. The molecule has 0 saturated heterocycles. The summed E-state index contributed by atoms with van der Waals surface area (Å²) in [6.07, 6.45) is 1.36. The normalized spacial score (nSPS) is 10.4. The van der Waals surface area contributed by atoms with Gasteiger partial charge in [-0.05, 0) is 35.9 Å². The van der Waals surface area contributed by atoms with Crippen LogP contribution < -0.4 is 4.74 Å². The Morgan fingerprint density at radius 2 is 1.76 bits per heavy atom.